The first kappa shape index (κ1) is 16.2. The van der Waals surface area contributed by atoms with Crippen LogP contribution in [0.4, 0.5) is 5.69 Å². The number of rotatable bonds is 3. The number of hydrogen-bond donors (Lipinski definition) is 2. The Bertz CT molecular complexity index is 857. The highest BCUT2D eigenvalue weighted by Crippen LogP contribution is 2.36. The molecule has 0 aromatic heterocycles. The summed E-state index contributed by atoms with van der Waals surface area (Å²) >= 11 is 6.45. The van der Waals surface area contributed by atoms with Gasteiger partial charge < -0.3 is 10.2 Å². The van der Waals surface area contributed by atoms with E-state index in [9.17, 15) is 14.7 Å². The molecule has 3 rings (SSSR count). The number of phenols is 1. The second-order valence-corrected chi connectivity index (χ2v) is 6.64. The van der Waals surface area contributed by atoms with Crippen LogP contribution in [0.3, 0.4) is 0 Å². The number of benzene rings is 2. The van der Waals surface area contributed by atoms with Gasteiger partial charge in [0.15, 0.2) is 4.32 Å². The fourth-order valence-corrected chi connectivity index (χ4v) is 3.46. The van der Waals surface area contributed by atoms with E-state index in [0.29, 0.717) is 14.9 Å². The van der Waals surface area contributed by atoms with Gasteiger partial charge in [-0.1, -0.05) is 36.1 Å². The molecule has 2 aromatic rings. The molecule has 24 heavy (non-hydrogen) atoms. The molecule has 120 valence electrons. The van der Waals surface area contributed by atoms with Crippen LogP contribution in [0.15, 0.2) is 53.4 Å². The van der Waals surface area contributed by atoms with Crippen LogP contribution >= 0.6 is 24.0 Å². The quantitative estimate of drug-likeness (QED) is 0.647. The SMILES string of the molecule is O=C(O)c1ccc(N2C(=O)/C(=C/c3ccc(O)cc3)SC2=S)cc1. The number of amides is 1. The average molecular weight is 357 g/mol. The highest BCUT2D eigenvalue weighted by Gasteiger charge is 2.33. The lowest BCUT2D eigenvalue weighted by molar-refractivity contribution is -0.113. The highest BCUT2D eigenvalue weighted by molar-refractivity contribution is 8.27. The molecule has 0 radical (unpaired) electrons. The normalized spacial score (nSPS) is 16.0. The first-order valence-electron chi connectivity index (χ1n) is 6.86. The smallest absolute Gasteiger partial charge is 0.335 e. The molecule has 1 amide bonds. The van der Waals surface area contributed by atoms with Gasteiger partial charge in [-0.25, -0.2) is 4.79 Å². The van der Waals surface area contributed by atoms with Crippen molar-refractivity contribution in [1.29, 1.82) is 0 Å². The molecular formula is C17H11NO4S2. The van der Waals surface area contributed by atoms with Crippen molar-refractivity contribution >= 4 is 51.9 Å². The topological polar surface area (TPSA) is 77.8 Å². The fourth-order valence-electron chi connectivity index (χ4n) is 2.17. The largest absolute Gasteiger partial charge is 0.508 e. The van der Waals surface area contributed by atoms with Gasteiger partial charge in [-0.05, 0) is 48.0 Å². The second-order valence-electron chi connectivity index (χ2n) is 4.96. The summed E-state index contributed by atoms with van der Waals surface area (Å²) in [6.07, 6.45) is 1.70. The van der Waals surface area contributed by atoms with Crippen LogP contribution in [0.2, 0.25) is 0 Å². The van der Waals surface area contributed by atoms with E-state index in [4.69, 9.17) is 17.3 Å². The molecule has 0 unspecified atom stereocenters. The third-order valence-corrected chi connectivity index (χ3v) is 4.66. The summed E-state index contributed by atoms with van der Waals surface area (Å²) in [6, 6.07) is 12.4. The van der Waals surface area contributed by atoms with Gasteiger partial charge in [0.05, 0.1) is 16.2 Å². The van der Waals surface area contributed by atoms with Crippen LogP contribution in [0, 0.1) is 0 Å². The van der Waals surface area contributed by atoms with Crippen molar-refractivity contribution < 1.29 is 19.8 Å². The van der Waals surface area contributed by atoms with Crippen molar-refractivity contribution in [3.8, 4) is 5.75 Å². The lowest BCUT2D eigenvalue weighted by Crippen LogP contribution is -2.27. The summed E-state index contributed by atoms with van der Waals surface area (Å²) in [5, 5.41) is 18.2. The lowest BCUT2D eigenvalue weighted by Gasteiger charge is -2.14. The zero-order valence-electron chi connectivity index (χ0n) is 12.2. The van der Waals surface area contributed by atoms with Crippen LogP contribution in [0.1, 0.15) is 15.9 Å². The molecule has 2 N–H and O–H groups in total. The van der Waals surface area contributed by atoms with E-state index >= 15 is 0 Å². The third kappa shape index (κ3) is 3.17. The van der Waals surface area contributed by atoms with E-state index in [2.05, 4.69) is 0 Å². The molecule has 0 bridgehead atoms. The number of thioether (sulfide) groups is 1. The molecule has 1 aliphatic heterocycles. The van der Waals surface area contributed by atoms with Crippen LogP contribution < -0.4 is 4.90 Å². The zero-order valence-corrected chi connectivity index (χ0v) is 13.8. The molecule has 5 nitrogen and oxygen atoms in total. The molecule has 1 saturated heterocycles. The van der Waals surface area contributed by atoms with Crippen molar-refractivity contribution in [2.45, 2.75) is 0 Å². The van der Waals surface area contributed by atoms with Crippen molar-refractivity contribution in [3.63, 3.8) is 0 Å². The van der Waals surface area contributed by atoms with E-state index in [1.807, 2.05) is 0 Å². The Morgan fingerprint density at radius 1 is 1.08 bits per heavy atom. The number of carbonyl (C=O) groups is 2. The molecular weight excluding hydrogens is 346 g/mol. The predicted molar refractivity (Wildman–Crippen MR) is 97.2 cm³/mol. The van der Waals surface area contributed by atoms with Gasteiger partial charge in [-0.3, -0.25) is 9.69 Å². The predicted octanol–water partition coefficient (Wildman–Crippen LogP) is 3.50. The maximum Gasteiger partial charge on any atom is 0.335 e. The Morgan fingerprint density at radius 2 is 1.71 bits per heavy atom. The summed E-state index contributed by atoms with van der Waals surface area (Å²) in [5.41, 5.74) is 1.44. The fraction of sp³-hybridized carbons (Fsp3) is 0. The summed E-state index contributed by atoms with van der Waals surface area (Å²) in [7, 11) is 0. The second kappa shape index (κ2) is 6.46. The number of carbonyl (C=O) groups excluding carboxylic acids is 1. The van der Waals surface area contributed by atoms with Gasteiger partial charge in [0.2, 0.25) is 0 Å². The van der Waals surface area contributed by atoms with Crippen LogP contribution in [0.5, 0.6) is 5.75 Å². The van der Waals surface area contributed by atoms with E-state index in [1.54, 1.807) is 30.3 Å². The first-order chi connectivity index (χ1) is 11.5. The maximum absolute atomic E-state index is 12.6. The van der Waals surface area contributed by atoms with Gasteiger partial charge in [0.1, 0.15) is 5.75 Å². The average Bonchev–Trinajstić information content (AvgIpc) is 2.83. The van der Waals surface area contributed by atoms with Crippen LogP contribution in [0.25, 0.3) is 6.08 Å². The third-order valence-electron chi connectivity index (χ3n) is 3.36. The summed E-state index contributed by atoms with van der Waals surface area (Å²) in [4.78, 5) is 25.3. The lowest BCUT2D eigenvalue weighted by atomic mass is 10.2. The van der Waals surface area contributed by atoms with Crippen LogP contribution in [-0.2, 0) is 4.79 Å². The highest BCUT2D eigenvalue weighted by atomic mass is 32.2. The molecule has 0 spiro atoms. The van der Waals surface area contributed by atoms with Gasteiger partial charge in [-0.15, -0.1) is 0 Å². The molecule has 1 fully saturated rings. The van der Waals surface area contributed by atoms with Crippen molar-refractivity contribution in [3.05, 3.63) is 64.6 Å². The van der Waals surface area contributed by atoms with Gasteiger partial charge in [0, 0.05) is 0 Å². The number of thiocarbonyl (C=S) groups is 1. The molecule has 1 heterocycles. The van der Waals surface area contributed by atoms with E-state index in [-0.39, 0.29) is 17.2 Å². The monoisotopic (exact) mass is 357 g/mol. The van der Waals surface area contributed by atoms with E-state index in [1.165, 1.54) is 40.9 Å². The molecule has 0 atom stereocenters. The number of carboxylic acids is 1. The zero-order chi connectivity index (χ0) is 17.3. The molecule has 2 aromatic carbocycles. The minimum atomic E-state index is -1.03. The summed E-state index contributed by atoms with van der Waals surface area (Å²) in [6.45, 7) is 0. The standard InChI is InChI=1S/C17H11NO4S2/c19-13-7-1-10(2-8-13)9-14-15(20)18(17(23)24-14)12-5-3-11(4-6-12)16(21)22/h1-9,19H,(H,21,22)/b14-9-. The summed E-state index contributed by atoms with van der Waals surface area (Å²) in [5.74, 6) is -1.14. The van der Waals surface area contributed by atoms with E-state index < -0.39 is 5.97 Å². The summed E-state index contributed by atoms with van der Waals surface area (Å²) < 4.78 is 0.383. The molecule has 0 aliphatic carbocycles. The number of aromatic carboxylic acids is 1. The number of carboxylic acid groups (broad SMARTS) is 1. The van der Waals surface area contributed by atoms with Crippen LogP contribution in [-0.4, -0.2) is 26.4 Å². The first-order valence-corrected chi connectivity index (χ1v) is 8.08. The van der Waals surface area contributed by atoms with Crippen molar-refractivity contribution in [1.82, 2.24) is 0 Å². The van der Waals surface area contributed by atoms with Crippen molar-refractivity contribution in [2.75, 3.05) is 4.90 Å². The molecule has 7 heteroatoms. The Kier molecular flexibility index (Phi) is 4.37. The van der Waals surface area contributed by atoms with Gasteiger partial charge in [0.25, 0.3) is 5.91 Å². The number of phenolic OH excluding ortho intramolecular Hbond substituents is 1. The van der Waals surface area contributed by atoms with Gasteiger partial charge >= 0.3 is 5.97 Å². The number of nitrogens with zero attached hydrogens (tertiary/aromatic N) is 1. The number of aromatic hydroxyl groups is 1. The molecule has 0 saturated carbocycles. The number of hydrogen-bond acceptors (Lipinski definition) is 5. The minimum Gasteiger partial charge on any atom is -0.508 e. The Balaban J connectivity index is 1.88. The Hall–Kier alpha value is -2.64. The number of anilines is 1. The van der Waals surface area contributed by atoms with E-state index in [0.717, 1.165) is 5.56 Å². The van der Waals surface area contributed by atoms with Crippen molar-refractivity contribution in [2.24, 2.45) is 0 Å². The van der Waals surface area contributed by atoms with Gasteiger partial charge in [-0.2, -0.15) is 0 Å². The maximum atomic E-state index is 12.6. The molecule has 1 aliphatic rings. The Morgan fingerprint density at radius 3 is 2.29 bits per heavy atom. The minimum absolute atomic E-state index is 0.142. The Labute approximate surface area is 147 Å².